The van der Waals surface area contributed by atoms with E-state index in [0.29, 0.717) is 11.2 Å². The van der Waals surface area contributed by atoms with Crippen LogP contribution in [-0.2, 0) is 4.79 Å². The van der Waals surface area contributed by atoms with E-state index in [4.69, 9.17) is 0 Å². The van der Waals surface area contributed by atoms with Gasteiger partial charge < -0.3 is 15.5 Å². The number of carbonyl (C=O) groups is 1. The van der Waals surface area contributed by atoms with E-state index < -0.39 is 0 Å². The van der Waals surface area contributed by atoms with Gasteiger partial charge in [0.05, 0.1) is 17.1 Å². The number of amides is 1. The van der Waals surface area contributed by atoms with Gasteiger partial charge in [0, 0.05) is 17.3 Å². The molecule has 1 amide bonds. The lowest BCUT2D eigenvalue weighted by Gasteiger charge is -2.30. The second kappa shape index (κ2) is 11.4. The van der Waals surface area contributed by atoms with Gasteiger partial charge in [-0.3, -0.25) is 9.36 Å². The molecule has 0 saturated carbocycles. The van der Waals surface area contributed by atoms with Gasteiger partial charge in [-0.25, -0.2) is 0 Å². The second-order valence-electron chi connectivity index (χ2n) is 8.95. The van der Waals surface area contributed by atoms with Crippen molar-refractivity contribution in [1.82, 2.24) is 19.7 Å². The molecule has 0 aliphatic carbocycles. The van der Waals surface area contributed by atoms with Crippen LogP contribution in [0.2, 0.25) is 0 Å². The standard InChI is InChI=1S/C28H30N6OS/c1-33-18-16-22(17-19-33)29-24-14-8-9-15-25(24)30-26(35)20-36-28-32-31-27(21-10-4-2-5-11-21)34(28)23-12-6-3-7-13-23/h2-15,22,29H,16-20H2,1H3,(H,30,35). The summed E-state index contributed by atoms with van der Waals surface area (Å²) >= 11 is 1.38. The summed E-state index contributed by atoms with van der Waals surface area (Å²) in [6.45, 7) is 2.16. The average Bonchev–Trinajstić information content (AvgIpc) is 3.35. The molecule has 0 unspecified atom stereocenters. The summed E-state index contributed by atoms with van der Waals surface area (Å²) in [4.78, 5) is 15.3. The van der Waals surface area contributed by atoms with Crippen molar-refractivity contribution in [3.8, 4) is 17.1 Å². The first-order chi connectivity index (χ1) is 17.7. The van der Waals surface area contributed by atoms with E-state index >= 15 is 0 Å². The molecular formula is C28H30N6OS. The van der Waals surface area contributed by atoms with E-state index in [9.17, 15) is 4.79 Å². The summed E-state index contributed by atoms with van der Waals surface area (Å²) in [6, 6.07) is 28.3. The average molecular weight is 499 g/mol. The fourth-order valence-corrected chi connectivity index (χ4v) is 5.11. The summed E-state index contributed by atoms with van der Waals surface area (Å²) in [5.74, 6) is 0.890. The van der Waals surface area contributed by atoms with Crippen molar-refractivity contribution in [2.24, 2.45) is 0 Å². The maximum absolute atomic E-state index is 13.0. The number of anilines is 2. The number of likely N-dealkylation sites (tertiary alicyclic amines) is 1. The Labute approximate surface area is 215 Å². The van der Waals surface area contributed by atoms with Crippen molar-refractivity contribution in [3.63, 3.8) is 0 Å². The zero-order valence-corrected chi connectivity index (χ0v) is 21.1. The van der Waals surface area contributed by atoms with Crippen LogP contribution in [0.25, 0.3) is 17.1 Å². The number of carbonyl (C=O) groups excluding carboxylic acids is 1. The molecule has 2 N–H and O–H groups in total. The van der Waals surface area contributed by atoms with Crippen LogP contribution in [0.5, 0.6) is 0 Å². The van der Waals surface area contributed by atoms with E-state index in [-0.39, 0.29) is 11.7 Å². The summed E-state index contributed by atoms with van der Waals surface area (Å²) in [6.07, 6.45) is 2.18. The van der Waals surface area contributed by atoms with Crippen LogP contribution in [0.15, 0.2) is 90.1 Å². The number of thioether (sulfide) groups is 1. The highest BCUT2D eigenvalue weighted by molar-refractivity contribution is 7.99. The van der Waals surface area contributed by atoms with Crippen molar-refractivity contribution in [2.45, 2.75) is 24.0 Å². The first kappa shape index (κ1) is 24.1. The Morgan fingerprint density at radius 2 is 1.53 bits per heavy atom. The Bertz CT molecular complexity index is 1290. The minimum absolute atomic E-state index is 0.0819. The number of benzene rings is 3. The van der Waals surface area contributed by atoms with E-state index in [1.54, 1.807) is 0 Å². The van der Waals surface area contributed by atoms with Gasteiger partial charge in [0.1, 0.15) is 0 Å². The number of hydrogen-bond acceptors (Lipinski definition) is 6. The molecule has 1 aliphatic rings. The van der Waals surface area contributed by atoms with Crippen molar-refractivity contribution < 1.29 is 4.79 Å². The lowest BCUT2D eigenvalue weighted by Crippen LogP contribution is -2.36. The number of rotatable bonds is 8. The molecule has 0 spiro atoms. The van der Waals surface area contributed by atoms with Crippen LogP contribution in [0.1, 0.15) is 12.8 Å². The largest absolute Gasteiger partial charge is 0.381 e. The predicted molar refractivity (Wildman–Crippen MR) is 147 cm³/mol. The van der Waals surface area contributed by atoms with Gasteiger partial charge in [-0.05, 0) is 57.2 Å². The number of para-hydroxylation sites is 3. The molecule has 8 heteroatoms. The number of nitrogens with one attached hydrogen (secondary N) is 2. The minimum Gasteiger partial charge on any atom is -0.381 e. The number of hydrogen-bond donors (Lipinski definition) is 2. The molecule has 2 heterocycles. The van der Waals surface area contributed by atoms with Crippen molar-refractivity contribution in [3.05, 3.63) is 84.9 Å². The molecule has 3 aromatic carbocycles. The van der Waals surface area contributed by atoms with Crippen LogP contribution >= 0.6 is 11.8 Å². The molecule has 0 atom stereocenters. The monoisotopic (exact) mass is 498 g/mol. The highest BCUT2D eigenvalue weighted by atomic mass is 32.2. The zero-order chi connectivity index (χ0) is 24.7. The van der Waals surface area contributed by atoms with Gasteiger partial charge in [-0.2, -0.15) is 0 Å². The van der Waals surface area contributed by atoms with Crippen molar-refractivity contribution in [2.75, 3.05) is 36.5 Å². The lowest BCUT2D eigenvalue weighted by atomic mass is 10.0. The smallest absolute Gasteiger partial charge is 0.234 e. The molecule has 7 nitrogen and oxygen atoms in total. The molecule has 1 fully saturated rings. The Morgan fingerprint density at radius 3 is 2.25 bits per heavy atom. The molecular weight excluding hydrogens is 468 g/mol. The molecule has 1 aliphatic heterocycles. The molecule has 184 valence electrons. The van der Waals surface area contributed by atoms with Gasteiger partial charge in [0.25, 0.3) is 0 Å². The molecule has 1 aromatic heterocycles. The molecule has 36 heavy (non-hydrogen) atoms. The molecule has 1 saturated heterocycles. The number of nitrogens with zero attached hydrogens (tertiary/aromatic N) is 4. The third kappa shape index (κ3) is 5.78. The summed E-state index contributed by atoms with van der Waals surface area (Å²) in [5, 5.41) is 16.3. The third-order valence-corrected chi connectivity index (χ3v) is 7.22. The van der Waals surface area contributed by atoms with Crippen LogP contribution in [0.3, 0.4) is 0 Å². The highest BCUT2D eigenvalue weighted by Crippen LogP contribution is 2.29. The predicted octanol–water partition coefficient (Wildman–Crippen LogP) is 5.17. The molecule has 0 radical (unpaired) electrons. The fourth-order valence-electron chi connectivity index (χ4n) is 4.35. The first-order valence-electron chi connectivity index (χ1n) is 12.2. The van der Waals surface area contributed by atoms with Gasteiger partial charge in [-0.1, -0.05) is 72.4 Å². The topological polar surface area (TPSA) is 75.1 Å². The Morgan fingerprint density at radius 1 is 0.889 bits per heavy atom. The van der Waals surface area contributed by atoms with Gasteiger partial charge in [0.2, 0.25) is 5.91 Å². The third-order valence-electron chi connectivity index (χ3n) is 6.29. The van der Waals surface area contributed by atoms with Crippen molar-refractivity contribution in [1.29, 1.82) is 0 Å². The quantitative estimate of drug-likeness (QED) is 0.327. The van der Waals surface area contributed by atoms with Crippen LogP contribution in [0, 0.1) is 0 Å². The summed E-state index contributed by atoms with van der Waals surface area (Å²) in [5.41, 5.74) is 3.69. The zero-order valence-electron chi connectivity index (χ0n) is 20.3. The van der Waals surface area contributed by atoms with Crippen LogP contribution in [-0.4, -0.2) is 57.5 Å². The van der Waals surface area contributed by atoms with Crippen LogP contribution < -0.4 is 10.6 Å². The summed E-state index contributed by atoms with van der Waals surface area (Å²) in [7, 11) is 2.16. The Hall–Kier alpha value is -3.62. The maximum atomic E-state index is 13.0. The Kier molecular flexibility index (Phi) is 7.64. The van der Waals surface area contributed by atoms with Crippen LogP contribution in [0.4, 0.5) is 11.4 Å². The summed E-state index contributed by atoms with van der Waals surface area (Å²) < 4.78 is 2.00. The van der Waals surface area contributed by atoms with E-state index in [1.165, 1.54) is 11.8 Å². The lowest BCUT2D eigenvalue weighted by molar-refractivity contribution is -0.113. The normalized spacial score (nSPS) is 14.5. The van der Waals surface area contributed by atoms with E-state index in [0.717, 1.165) is 54.4 Å². The SMILES string of the molecule is CN1CCC(Nc2ccccc2NC(=O)CSc2nnc(-c3ccccc3)n2-c2ccccc2)CC1. The van der Waals surface area contributed by atoms with Gasteiger partial charge >= 0.3 is 0 Å². The van der Waals surface area contributed by atoms with E-state index in [2.05, 4.69) is 32.8 Å². The number of piperidine rings is 1. The molecule has 0 bridgehead atoms. The number of aromatic nitrogens is 3. The fraction of sp³-hybridized carbons (Fsp3) is 0.250. The van der Waals surface area contributed by atoms with Crippen molar-refractivity contribution >= 4 is 29.0 Å². The maximum Gasteiger partial charge on any atom is 0.234 e. The first-order valence-corrected chi connectivity index (χ1v) is 13.2. The second-order valence-corrected chi connectivity index (χ2v) is 9.89. The minimum atomic E-state index is -0.0819. The van der Waals surface area contributed by atoms with Gasteiger partial charge in [0.15, 0.2) is 11.0 Å². The molecule has 5 rings (SSSR count). The molecule has 4 aromatic rings. The van der Waals surface area contributed by atoms with Gasteiger partial charge in [-0.15, -0.1) is 10.2 Å². The Balaban J connectivity index is 1.29. The highest BCUT2D eigenvalue weighted by Gasteiger charge is 2.19. The van der Waals surface area contributed by atoms with E-state index in [1.807, 2.05) is 89.5 Å².